The smallest absolute Gasteiger partial charge is 0.341 e. The van der Waals surface area contributed by atoms with Gasteiger partial charge >= 0.3 is 6.18 Å². The fourth-order valence-electron chi connectivity index (χ4n) is 2.98. The normalized spacial score (nSPS) is 28.8. The van der Waals surface area contributed by atoms with Crippen LogP contribution < -0.4 is 5.73 Å². The molecule has 1 aliphatic heterocycles. The van der Waals surface area contributed by atoms with Crippen LogP contribution in [-0.2, 0) is 11.0 Å². The van der Waals surface area contributed by atoms with Gasteiger partial charge in [-0.25, -0.2) is 0 Å². The molecule has 2 N–H and O–H groups in total. The molecule has 0 aromatic heterocycles. The summed E-state index contributed by atoms with van der Waals surface area (Å²) in [5.74, 6) is 0.0523. The first kappa shape index (κ1) is 14.4. The van der Waals surface area contributed by atoms with Gasteiger partial charge in [0, 0.05) is 25.0 Å². The van der Waals surface area contributed by atoms with Gasteiger partial charge < -0.3 is 10.6 Å². The van der Waals surface area contributed by atoms with Gasteiger partial charge in [-0.1, -0.05) is 12.1 Å². The lowest BCUT2D eigenvalue weighted by molar-refractivity contribution is -0.137. The lowest BCUT2D eigenvalue weighted by atomic mass is 10.1. The van der Waals surface area contributed by atoms with E-state index in [1.165, 1.54) is 12.1 Å². The van der Waals surface area contributed by atoms with E-state index in [0.717, 1.165) is 30.5 Å². The summed E-state index contributed by atoms with van der Waals surface area (Å²) in [7, 11) is 0. The molecule has 0 unspecified atom stereocenters. The Bertz CT molecular complexity index is 541. The molecule has 3 atom stereocenters. The van der Waals surface area contributed by atoms with Crippen LogP contribution in [0.25, 0.3) is 0 Å². The van der Waals surface area contributed by atoms with Crippen molar-refractivity contribution in [2.45, 2.75) is 31.0 Å². The van der Waals surface area contributed by atoms with Crippen LogP contribution in [0.5, 0.6) is 0 Å². The molecule has 1 aromatic carbocycles. The van der Waals surface area contributed by atoms with Crippen LogP contribution in [0.15, 0.2) is 24.3 Å². The highest BCUT2D eigenvalue weighted by Crippen LogP contribution is 2.49. The first-order valence-corrected chi connectivity index (χ1v) is 7.08. The van der Waals surface area contributed by atoms with Crippen molar-refractivity contribution in [1.82, 2.24) is 4.90 Å². The van der Waals surface area contributed by atoms with Crippen LogP contribution >= 0.6 is 0 Å². The minimum Gasteiger partial charge on any atom is -0.341 e. The summed E-state index contributed by atoms with van der Waals surface area (Å²) < 4.78 is 37.5. The molecule has 0 spiro atoms. The molecular formula is C15H17F3N2O. The average molecular weight is 298 g/mol. The minimum atomic E-state index is -4.32. The molecule has 1 heterocycles. The van der Waals surface area contributed by atoms with Gasteiger partial charge in [0.2, 0.25) is 5.91 Å². The van der Waals surface area contributed by atoms with Crippen molar-refractivity contribution >= 4 is 5.91 Å². The van der Waals surface area contributed by atoms with Crippen LogP contribution in [0.2, 0.25) is 0 Å². The van der Waals surface area contributed by atoms with Crippen molar-refractivity contribution in [2.75, 3.05) is 13.1 Å². The van der Waals surface area contributed by atoms with Gasteiger partial charge in [0.05, 0.1) is 5.56 Å². The zero-order valence-corrected chi connectivity index (χ0v) is 11.4. The third-order valence-corrected chi connectivity index (χ3v) is 4.31. The molecule has 1 saturated heterocycles. The Morgan fingerprint density at radius 3 is 2.43 bits per heavy atom. The number of nitrogens with two attached hydrogens (primary N) is 1. The number of likely N-dealkylation sites (tertiary alicyclic amines) is 1. The number of hydrogen-bond acceptors (Lipinski definition) is 2. The van der Waals surface area contributed by atoms with E-state index in [1.54, 1.807) is 4.90 Å². The van der Waals surface area contributed by atoms with Crippen molar-refractivity contribution in [1.29, 1.82) is 0 Å². The third-order valence-electron chi connectivity index (χ3n) is 4.31. The zero-order valence-electron chi connectivity index (χ0n) is 11.4. The van der Waals surface area contributed by atoms with Gasteiger partial charge in [0.1, 0.15) is 0 Å². The largest absolute Gasteiger partial charge is 0.416 e. The highest BCUT2D eigenvalue weighted by Gasteiger charge is 2.46. The highest BCUT2D eigenvalue weighted by atomic mass is 19.4. The average Bonchev–Trinajstić information content (AvgIpc) is 3.12. The second-order valence-electron chi connectivity index (χ2n) is 5.90. The molecule has 3 nitrogen and oxygen atoms in total. The quantitative estimate of drug-likeness (QED) is 0.911. The van der Waals surface area contributed by atoms with E-state index in [1.807, 2.05) is 0 Å². The maximum atomic E-state index is 12.5. The summed E-state index contributed by atoms with van der Waals surface area (Å²) in [6.07, 6.45) is -2.78. The summed E-state index contributed by atoms with van der Waals surface area (Å²) >= 11 is 0. The lowest BCUT2D eigenvalue weighted by Crippen LogP contribution is -2.33. The minimum absolute atomic E-state index is 0.0524. The maximum absolute atomic E-state index is 12.5. The summed E-state index contributed by atoms with van der Waals surface area (Å²) in [4.78, 5) is 14.0. The van der Waals surface area contributed by atoms with Crippen molar-refractivity contribution in [3.63, 3.8) is 0 Å². The molecule has 0 bridgehead atoms. The van der Waals surface area contributed by atoms with Crippen LogP contribution in [0.1, 0.15) is 29.9 Å². The van der Waals surface area contributed by atoms with Gasteiger partial charge in [0.15, 0.2) is 0 Å². The predicted octanol–water partition coefficient (Wildman–Crippen LogP) is 2.37. The van der Waals surface area contributed by atoms with Crippen molar-refractivity contribution in [3.05, 3.63) is 35.4 Å². The lowest BCUT2D eigenvalue weighted by Gasteiger charge is -2.15. The molecule has 1 aromatic rings. The molecule has 2 fully saturated rings. The monoisotopic (exact) mass is 298 g/mol. The van der Waals surface area contributed by atoms with Gasteiger partial charge in [-0.3, -0.25) is 4.79 Å². The van der Waals surface area contributed by atoms with E-state index < -0.39 is 11.7 Å². The summed E-state index contributed by atoms with van der Waals surface area (Å²) in [6.45, 7) is 1.28. The molecule has 3 rings (SSSR count). The van der Waals surface area contributed by atoms with Crippen LogP contribution in [0, 0.1) is 5.92 Å². The van der Waals surface area contributed by atoms with Crippen molar-refractivity contribution < 1.29 is 18.0 Å². The number of halogens is 3. The van der Waals surface area contributed by atoms with Crippen LogP contribution in [-0.4, -0.2) is 29.9 Å². The standard InChI is InChI=1S/C15H17F3N2O/c16-15(17,18)10-3-1-9(2-4-10)12-7-13(12)14(21)20-6-5-11(19)8-20/h1-4,11-13H,5-8,19H2/t11-,12-,13-/m1/s1. The highest BCUT2D eigenvalue weighted by molar-refractivity contribution is 5.83. The van der Waals surface area contributed by atoms with E-state index in [2.05, 4.69) is 0 Å². The number of alkyl halides is 3. The topological polar surface area (TPSA) is 46.3 Å². The third kappa shape index (κ3) is 2.90. The Balaban J connectivity index is 1.64. The van der Waals surface area contributed by atoms with Gasteiger partial charge in [-0.2, -0.15) is 13.2 Å². The summed E-state index contributed by atoms with van der Waals surface area (Å²) in [5.41, 5.74) is 5.94. The fourth-order valence-corrected chi connectivity index (χ4v) is 2.98. The molecule has 1 saturated carbocycles. The van der Waals surface area contributed by atoms with Gasteiger partial charge in [-0.15, -0.1) is 0 Å². The molecule has 0 radical (unpaired) electrons. The van der Waals surface area contributed by atoms with Gasteiger partial charge in [-0.05, 0) is 36.5 Å². The Morgan fingerprint density at radius 2 is 1.90 bits per heavy atom. The molecule has 2 aliphatic rings. The number of carbonyl (C=O) groups excluding carboxylic acids is 1. The summed E-state index contributed by atoms with van der Waals surface area (Å²) in [5, 5.41) is 0. The Morgan fingerprint density at radius 1 is 1.24 bits per heavy atom. The van der Waals surface area contributed by atoms with E-state index in [4.69, 9.17) is 5.73 Å². The van der Waals surface area contributed by atoms with Crippen LogP contribution in [0.4, 0.5) is 13.2 Å². The molecule has 6 heteroatoms. The van der Waals surface area contributed by atoms with E-state index in [-0.39, 0.29) is 23.8 Å². The fraction of sp³-hybridized carbons (Fsp3) is 0.533. The number of amides is 1. The number of hydrogen-bond donors (Lipinski definition) is 1. The first-order chi connectivity index (χ1) is 9.86. The number of benzene rings is 1. The Hall–Kier alpha value is -1.56. The second kappa shape index (κ2) is 5.02. The van der Waals surface area contributed by atoms with Crippen molar-refractivity contribution in [2.24, 2.45) is 11.7 Å². The molecular weight excluding hydrogens is 281 g/mol. The summed E-state index contributed by atoms with van der Waals surface area (Å²) in [6, 6.07) is 5.19. The Labute approximate surface area is 120 Å². The molecule has 21 heavy (non-hydrogen) atoms. The van der Waals surface area contributed by atoms with E-state index >= 15 is 0 Å². The van der Waals surface area contributed by atoms with Crippen molar-refractivity contribution in [3.8, 4) is 0 Å². The second-order valence-corrected chi connectivity index (χ2v) is 5.90. The van der Waals surface area contributed by atoms with E-state index in [9.17, 15) is 18.0 Å². The Kier molecular flexibility index (Phi) is 3.43. The van der Waals surface area contributed by atoms with Crippen LogP contribution in [0.3, 0.4) is 0 Å². The molecule has 1 aliphatic carbocycles. The predicted molar refractivity (Wildman–Crippen MR) is 71.5 cm³/mol. The zero-order chi connectivity index (χ0) is 15.2. The number of rotatable bonds is 2. The van der Waals surface area contributed by atoms with Gasteiger partial charge in [0.25, 0.3) is 0 Å². The number of nitrogens with zero attached hydrogens (tertiary/aromatic N) is 1. The SMILES string of the molecule is N[C@@H]1CCN(C(=O)[C@@H]2C[C@@H]2c2ccc(C(F)(F)F)cc2)C1. The molecule has 114 valence electrons. The number of carbonyl (C=O) groups is 1. The van der Waals surface area contributed by atoms with E-state index in [0.29, 0.717) is 13.1 Å². The maximum Gasteiger partial charge on any atom is 0.416 e. The molecule has 1 amide bonds. The first-order valence-electron chi connectivity index (χ1n) is 7.08.